The summed E-state index contributed by atoms with van der Waals surface area (Å²) in [7, 11) is 2.09. The molecule has 0 aliphatic carbocycles. The molecule has 2 rings (SSSR count). The highest BCUT2D eigenvalue weighted by atomic mass is 16.5. The van der Waals surface area contributed by atoms with Crippen molar-refractivity contribution in [2.75, 3.05) is 38.1 Å². The van der Waals surface area contributed by atoms with Crippen LogP contribution in [0.3, 0.4) is 0 Å². The second-order valence-electron chi connectivity index (χ2n) is 4.56. The third-order valence-electron chi connectivity index (χ3n) is 3.20. The quantitative estimate of drug-likeness (QED) is 0.764. The van der Waals surface area contributed by atoms with Gasteiger partial charge in [-0.15, -0.1) is 0 Å². The Morgan fingerprint density at radius 1 is 1.35 bits per heavy atom. The number of aromatic nitrogens is 2. The van der Waals surface area contributed by atoms with Crippen LogP contribution in [0.5, 0.6) is 0 Å². The number of rotatable bonds is 3. The van der Waals surface area contributed by atoms with Crippen LogP contribution in [0.4, 0.5) is 5.95 Å². The summed E-state index contributed by atoms with van der Waals surface area (Å²) in [5.74, 6) is 0.731. The van der Waals surface area contributed by atoms with Gasteiger partial charge in [0.2, 0.25) is 5.89 Å². The van der Waals surface area contributed by atoms with Crippen molar-refractivity contribution >= 4 is 11.7 Å². The van der Waals surface area contributed by atoms with Crippen molar-refractivity contribution < 1.29 is 9.32 Å². The largest absolute Gasteiger partial charge is 0.337 e. The number of piperazine rings is 1. The van der Waals surface area contributed by atoms with E-state index >= 15 is 0 Å². The third kappa shape index (κ3) is 2.63. The Hall–Kier alpha value is -1.43. The van der Waals surface area contributed by atoms with E-state index in [1.165, 1.54) is 6.92 Å². The maximum absolute atomic E-state index is 11.2. The molecule has 1 atom stereocenters. The highest BCUT2D eigenvalue weighted by molar-refractivity contribution is 5.81. The van der Waals surface area contributed by atoms with E-state index in [2.05, 4.69) is 27.0 Å². The predicted molar refractivity (Wildman–Crippen MR) is 63.1 cm³/mol. The minimum atomic E-state index is -0.316. The molecule has 1 aliphatic rings. The van der Waals surface area contributed by atoms with Crippen molar-refractivity contribution in [2.24, 2.45) is 0 Å². The first kappa shape index (κ1) is 12.0. The summed E-state index contributed by atoms with van der Waals surface area (Å²) < 4.78 is 5.13. The Morgan fingerprint density at radius 3 is 2.59 bits per heavy atom. The number of anilines is 1. The number of ketones is 1. The molecule has 0 aromatic carbocycles. The fourth-order valence-corrected chi connectivity index (χ4v) is 1.71. The normalized spacial score (nSPS) is 19.4. The van der Waals surface area contributed by atoms with Gasteiger partial charge in [0.25, 0.3) is 5.95 Å². The lowest BCUT2D eigenvalue weighted by atomic mass is 10.1. The van der Waals surface area contributed by atoms with Crippen molar-refractivity contribution in [3.8, 4) is 0 Å². The molecule has 0 saturated carbocycles. The van der Waals surface area contributed by atoms with Crippen LogP contribution in [-0.2, 0) is 4.79 Å². The van der Waals surface area contributed by atoms with Crippen LogP contribution in [-0.4, -0.2) is 54.1 Å². The van der Waals surface area contributed by atoms with E-state index in [1.54, 1.807) is 6.92 Å². The summed E-state index contributed by atoms with van der Waals surface area (Å²) in [5.41, 5.74) is 0. The first-order valence-electron chi connectivity index (χ1n) is 5.85. The summed E-state index contributed by atoms with van der Waals surface area (Å²) in [4.78, 5) is 19.9. The molecule has 0 spiro atoms. The molecule has 6 heteroatoms. The number of nitrogens with zero attached hydrogens (tertiary/aromatic N) is 4. The highest BCUT2D eigenvalue weighted by Gasteiger charge is 2.22. The molecule has 1 aromatic rings. The zero-order valence-corrected chi connectivity index (χ0v) is 10.5. The first-order chi connectivity index (χ1) is 8.08. The molecule has 1 fully saturated rings. The summed E-state index contributed by atoms with van der Waals surface area (Å²) in [6.45, 7) is 7.08. The maximum Gasteiger partial charge on any atom is 0.266 e. The van der Waals surface area contributed by atoms with Crippen molar-refractivity contribution in [1.82, 2.24) is 15.0 Å². The Bertz CT molecular complexity index is 396. The van der Waals surface area contributed by atoms with E-state index in [9.17, 15) is 4.79 Å². The molecule has 17 heavy (non-hydrogen) atoms. The van der Waals surface area contributed by atoms with Crippen LogP contribution in [0, 0.1) is 0 Å². The Kier molecular flexibility index (Phi) is 3.42. The predicted octanol–water partition coefficient (Wildman–Crippen LogP) is 0.514. The first-order valence-corrected chi connectivity index (χ1v) is 5.85. The zero-order valence-electron chi connectivity index (χ0n) is 10.5. The molecule has 0 amide bonds. The van der Waals surface area contributed by atoms with Crippen molar-refractivity contribution in [3.05, 3.63) is 5.89 Å². The average Bonchev–Trinajstić information content (AvgIpc) is 2.78. The molecule has 0 radical (unpaired) electrons. The fraction of sp³-hybridized carbons (Fsp3) is 0.727. The number of Topliss-reactive ketones (excluding diaryl/α,β-unsaturated/α-hetero) is 1. The molecule has 1 unspecified atom stereocenters. The van der Waals surface area contributed by atoms with E-state index in [4.69, 9.17) is 4.52 Å². The van der Waals surface area contributed by atoms with Gasteiger partial charge in [-0.05, 0) is 26.1 Å². The van der Waals surface area contributed by atoms with Gasteiger partial charge in [0, 0.05) is 26.2 Å². The van der Waals surface area contributed by atoms with Crippen LogP contribution in [0.25, 0.3) is 0 Å². The molecule has 1 aliphatic heterocycles. The molecule has 1 saturated heterocycles. The molecule has 6 nitrogen and oxygen atoms in total. The number of likely N-dealkylation sites (N-methyl/N-ethyl adjacent to an activating group) is 1. The molecule has 1 aromatic heterocycles. The van der Waals surface area contributed by atoms with E-state index in [0.717, 1.165) is 26.2 Å². The van der Waals surface area contributed by atoms with Gasteiger partial charge in [-0.25, -0.2) is 0 Å². The third-order valence-corrected chi connectivity index (χ3v) is 3.20. The second-order valence-corrected chi connectivity index (χ2v) is 4.56. The number of hydrogen-bond donors (Lipinski definition) is 0. The summed E-state index contributed by atoms with van der Waals surface area (Å²) >= 11 is 0. The summed E-state index contributed by atoms with van der Waals surface area (Å²) in [6, 6.07) is 0. The molecule has 2 heterocycles. The van der Waals surface area contributed by atoms with Gasteiger partial charge in [-0.2, -0.15) is 4.98 Å². The van der Waals surface area contributed by atoms with Gasteiger partial charge in [0.05, 0.1) is 5.92 Å². The van der Waals surface area contributed by atoms with Gasteiger partial charge in [-0.3, -0.25) is 4.79 Å². The molecule has 0 bridgehead atoms. The van der Waals surface area contributed by atoms with Crippen molar-refractivity contribution in [1.29, 1.82) is 0 Å². The lowest BCUT2D eigenvalue weighted by Crippen LogP contribution is -2.44. The lowest BCUT2D eigenvalue weighted by molar-refractivity contribution is -0.118. The standard InChI is InChI=1S/C11H18N4O2/c1-8(9(2)16)10-12-11(13-17-10)15-6-4-14(3)5-7-15/h8H,4-7H2,1-3H3. The van der Waals surface area contributed by atoms with Gasteiger partial charge in [0.1, 0.15) is 5.78 Å². The van der Waals surface area contributed by atoms with Gasteiger partial charge in [-0.1, -0.05) is 0 Å². The second kappa shape index (κ2) is 4.83. The van der Waals surface area contributed by atoms with Crippen LogP contribution in [0.15, 0.2) is 4.52 Å². The van der Waals surface area contributed by atoms with Crippen LogP contribution >= 0.6 is 0 Å². The monoisotopic (exact) mass is 238 g/mol. The maximum atomic E-state index is 11.2. The van der Waals surface area contributed by atoms with Crippen molar-refractivity contribution in [2.45, 2.75) is 19.8 Å². The average molecular weight is 238 g/mol. The van der Waals surface area contributed by atoms with Gasteiger partial charge >= 0.3 is 0 Å². The summed E-state index contributed by atoms with van der Waals surface area (Å²) in [5, 5.41) is 3.94. The zero-order chi connectivity index (χ0) is 12.4. The SMILES string of the molecule is CC(=O)C(C)c1nc(N2CCN(C)CC2)no1. The molecular formula is C11H18N4O2. The van der Waals surface area contributed by atoms with Gasteiger partial charge < -0.3 is 14.3 Å². The van der Waals surface area contributed by atoms with E-state index in [-0.39, 0.29) is 11.7 Å². The smallest absolute Gasteiger partial charge is 0.266 e. The van der Waals surface area contributed by atoms with E-state index in [0.29, 0.717) is 11.8 Å². The lowest BCUT2D eigenvalue weighted by Gasteiger charge is -2.31. The van der Waals surface area contributed by atoms with Gasteiger partial charge in [0.15, 0.2) is 0 Å². The topological polar surface area (TPSA) is 62.5 Å². The van der Waals surface area contributed by atoms with Crippen LogP contribution in [0.1, 0.15) is 25.7 Å². The number of carbonyl (C=O) groups is 1. The number of hydrogen-bond acceptors (Lipinski definition) is 6. The van der Waals surface area contributed by atoms with Crippen LogP contribution < -0.4 is 4.90 Å². The molecule has 94 valence electrons. The Labute approximate surface area is 101 Å². The highest BCUT2D eigenvalue weighted by Crippen LogP contribution is 2.18. The Morgan fingerprint density at radius 2 is 2.00 bits per heavy atom. The van der Waals surface area contributed by atoms with E-state index < -0.39 is 0 Å². The Balaban J connectivity index is 2.05. The minimum Gasteiger partial charge on any atom is -0.337 e. The minimum absolute atomic E-state index is 0.0403. The van der Waals surface area contributed by atoms with Crippen LogP contribution in [0.2, 0.25) is 0 Å². The van der Waals surface area contributed by atoms with E-state index in [1.807, 2.05) is 0 Å². The summed E-state index contributed by atoms with van der Waals surface area (Å²) in [6.07, 6.45) is 0. The fourth-order valence-electron chi connectivity index (χ4n) is 1.71. The number of carbonyl (C=O) groups excluding carboxylic acids is 1. The molecule has 0 N–H and O–H groups in total. The van der Waals surface area contributed by atoms with Crippen molar-refractivity contribution in [3.63, 3.8) is 0 Å². The molecular weight excluding hydrogens is 220 g/mol.